The first-order valence-corrected chi connectivity index (χ1v) is 7.30. The third-order valence-corrected chi connectivity index (χ3v) is 3.87. The summed E-state index contributed by atoms with van der Waals surface area (Å²) < 4.78 is 1.92. The monoisotopic (exact) mass is 298 g/mol. The molecule has 3 nitrogen and oxygen atoms in total. The number of hydrogen-bond acceptors (Lipinski definition) is 2. The second kappa shape index (κ2) is 5.70. The van der Waals surface area contributed by atoms with E-state index in [2.05, 4.69) is 5.10 Å². The fourth-order valence-corrected chi connectivity index (χ4v) is 2.74. The number of benzene rings is 2. The maximum atomic E-state index is 12.4. The zero-order chi connectivity index (χ0) is 14.8. The van der Waals surface area contributed by atoms with Crippen LogP contribution in [0.4, 0.5) is 0 Å². The van der Waals surface area contributed by atoms with Gasteiger partial charge in [-0.25, -0.2) is 0 Å². The molecule has 0 saturated heterocycles. The highest BCUT2D eigenvalue weighted by atomic mass is 35.5. The van der Waals surface area contributed by atoms with Crippen LogP contribution in [0.2, 0.25) is 5.02 Å². The number of Topliss-reactive ketones (excluding diaryl/α,β-unsaturated/α-hetero) is 1. The second-order valence-corrected chi connectivity index (χ2v) is 5.27. The molecule has 3 aromatic rings. The summed E-state index contributed by atoms with van der Waals surface area (Å²) in [6.45, 7) is 2.82. The van der Waals surface area contributed by atoms with Gasteiger partial charge in [-0.05, 0) is 25.1 Å². The highest BCUT2D eigenvalue weighted by Crippen LogP contribution is 2.22. The van der Waals surface area contributed by atoms with Crippen molar-refractivity contribution in [3.05, 3.63) is 64.8 Å². The van der Waals surface area contributed by atoms with Gasteiger partial charge in [0.15, 0.2) is 5.78 Å². The van der Waals surface area contributed by atoms with Crippen LogP contribution < -0.4 is 0 Å². The molecule has 0 atom stereocenters. The van der Waals surface area contributed by atoms with Crippen LogP contribution in [0.25, 0.3) is 10.9 Å². The van der Waals surface area contributed by atoms with Crippen LogP contribution >= 0.6 is 11.6 Å². The number of fused-ring (bicyclic) bond motifs is 1. The molecule has 1 heterocycles. The number of carbonyl (C=O) groups is 1. The minimum Gasteiger partial charge on any atom is -0.294 e. The van der Waals surface area contributed by atoms with Gasteiger partial charge in [-0.2, -0.15) is 5.10 Å². The maximum Gasteiger partial charge on any atom is 0.170 e. The van der Waals surface area contributed by atoms with Crippen molar-refractivity contribution < 1.29 is 4.79 Å². The summed E-state index contributed by atoms with van der Waals surface area (Å²) in [5.74, 6) is -0.00731. The molecular formula is C17H15ClN2O. The van der Waals surface area contributed by atoms with E-state index >= 15 is 0 Å². The van der Waals surface area contributed by atoms with E-state index in [9.17, 15) is 4.79 Å². The molecule has 1 aromatic heterocycles. The molecule has 21 heavy (non-hydrogen) atoms. The second-order valence-electron chi connectivity index (χ2n) is 4.86. The summed E-state index contributed by atoms with van der Waals surface area (Å²) in [5, 5.41) is 6.07. The lowest BCUT2D eigenvalue weighted by molar-refractivity contribution is 0.0992. The predicted molar refractivity (Wildman–Crippen MR) is 84.9 cm³/mol. The van der Waals surface area contributed by atoms with E-state index in [4.69, 9.17) is 11.6 Å². The van der Waals surface area contributed by atoms with Crippen LogP contribution in [0.15, 0.2) is 48.5 Å². The van der Waals surface area contributed by atoms with Gasteiger partial charge in [0.2, 0.25) is 0 Å². The summed E-state index contributed by atoms with van der Waals surface area (Å²) in [6.07, 6.45) is 0.261. The smallest absolute Gasteiger partial charge is 0.170 e. The number of carbonyl (C=O) groups excluding carboxylic acids is 1. The number of rotatable bonds is 4. The fourth-order valence-electron chi connectivity index (χ4n) is 2.50. The fraction of sp³-hybridized carbons (Fsp3) is 0.176. The molecule has 0 unspecified atom stereocenters. The van der Waals surface area contributed by atoms with E-state index in [1.165, 1.54) is 0 Å². The Bertz CT molecular complexity index is 807. The SMILES string of the molecule is CCn1nc(CC(=O)c2ccccc2Cl)c2ccccc21. The molecule has 0 saturated carbocycles. The van der Waals surface area contributed by atoms with Crippen LogP contribution in [0.3, 0.4) is 0 Å². The predicted octanol–water partition coefficient (Wildman–Crippen LogP) is 4.14. The average Bonchev–Trinajstić information content (AvgIpc) is 2.86. The van der Waals surface area contributed by atoms with Gasteiger partial charge in [-0.3, -0.25) is 9.48 Å². The van der Waals surface area contributed by atoms with Gasteiger partial charge in [-0.1, -0.05) is 41.9 Å². The Morgan fingerprint density at radius 3 is 2.62 bits per heavy atom. The van der Waals surface area contributed by atoms with Gasteiger partial charge in [0, 0.05) is 17.5 Å². The maximum absolute atomic E-state index is 12.4. The molecular weight excluding hydrogens is 284 g/mol. The highest BCUT2D eigenvalue weighted by Gasteiger charge is 2.15. The first-order valence-electron chi connectivity index (χ1n) is 6.93. The third-order valence-electron chi connectivity index (χ3n) is 3.54. The molecule has 0 aliphatic rings. The van der Waals surface area contributed by atoms with Gasteiger partial charge in [-0.15, -0.1) is 0 Å². The molecule has 0 radical (unpaired) electrons. The van der Waals surface area contributed by atoms with Crippen molar-refractivity contribution in [1.29, 1.82) is 0 Å². The number of halogens is 1. The quantitative estimate of drug-likeness (QED) is 0.679. The Balaban J connectivity index is 1.99. The highest BCUT2D eigenvalue weighted by molar-refractivity contribution is 6.34. The van der Waals surface area contributed by atoms with Crippen molar-refractivity contribution >= 4 is 28.3 Å². The van der Waals surface area contributed by atoms with E-state index in [1.807, 2.05) is 48.0 Å². The lowest BCUT2D eigenvalue weighted by atomic mass is 10.0. The molecule has 0 fully saturated rings. The van der Waals surface area contributed by atoms with Crippen LogP contribution in [0.5, 0.6) is 0 Å². The Morgan fingerprint density at radius 1 is 1.14 bits per heavy atom. The topological polar surface area (TPSA) is 34.9 Å². The first-order chi connectivity index (χ1) is 10.2. The lowest BCUT2D eigenvalue weighted by Crippen LogP contribution is -2.06. The van der Waals surface area contributed by atoms with Crippen molar-refractivity contribution in [3.8, 4) is 0 Å². The molecule has 0 N–H and O–H groups in total. The van der Waals surface area contributed by atoms with Crippen molar-refractivity contribution in [3.63, 3.8) is 0 Å². The Morgan fingerprint density at radius 2 is 1.86 bits per heavy atom. The van der Waals surface area contributed by atoms with Crippen LogP contribution in [0.1, 0.15) is 23.0 Å². The van der Waals surface area contributed by atoms with Crippen molar-refractivity contribution in [1.82, 2.24) is 9.78 Å². The minimum absolute atomic E-state index is 0.00731. The molecule has 0 aliphatic carbocycles. The summed E-state index contributed by atoms with van der Waals surface area (Å²) in [7, 11) is 0. The molecule has 2 aromatic carbocycles. The molecule has 0 bridgehead atoms. The van der Waals surface area contributed by atoms with E-state index in [0.29, 0.717) is 10.6 Å². The van der Waals surface area contributed by atoms with Crippen molar-refractivity contribution in [2.24, 2.45) is 0 Å². The molecule has 0 amide bonds. The van der Waals surface area contributed by atoms with E-state index in [-0.39, 0.29) is 12.2 Å². The molecule has 4 heteroatoms. The first kappa shape index (κ1) is 13.8. The summed E-state index contributed by atoms with van der Waals surface area (Å²) in [4.78, 5) is 12.4. The van der Waals surface area contributed by atoms with Gasteiger partial charge in [0.25, 0.3) is 0 Å². The van der Waals surface area contributed by atoms with Crippen molar-refractivity contribution in [2.45, 2.75) is 19.9 Å². The zero-order valence-corrected chi connectivity index (χ0v) is 12.5. The van der Waals surface area contributed by atoms with Crippen LogP contribution in [-0.4, -0.2) is 15.6 Å². The van der Waals surface area contributed by atoms with E-state index < -0.39 is 0 Å². The van der Waals surface area contributed by atoms with Crippen molar-refractivity contribution in [2.75, 3.05) is 0 Å². The van der Waals surface area contributed by atoms with Gasteiger partial charge in [0.1, 0.15) is 0 Å². The summed E-state index contributed by atoms with van der Waals surface area (Å²) in [5.41, 5.74) is 2.41. The van der Waals surface area contributed by atoms with Gasteiger partial charge in [0.05, 0.1) is 22.7 Å². The molecule has 0 spiro atoms. The minimum atomic E-state index is -0.00731. The zero-order valence-electron chi connectivity index (χ0n) is 11.7. The van der Waals surface area contributed by atoms with E-state index in [0.717, 1.165) is 23.1 Å². The molecule has 106 valence electrons. The number of aromatic nitrogens is 2. The van der Waals surface area contributed by atoms with Gasteiger partial charge < -0.3 is 0 Å². The lowest BCUT2D eigenvalue weighted by Gasteiger charge is -2.01. The van der Waals surface area contributed by atoms with Crippen LogP contribution in [0, 0.1) is 0 Å². The number of aryl methyl sites for hydroxylation is 1. The van der Waals surface area contributed by atoms with Gasteiger partial charge >= 0.3 is 0 Å². The number of para-hydroxylation sites is 1. The summed E-state index contributed by atoms with van der Waals surface area (Å²) in [6, 6.07) is 15.1. The third kappa shape index (κ3) is 2.57. The number of ketones is 1. The van der Waals surface area contributed by atoms with E-state index in [1.54, 1.807) is 12.1 Å². The average molecular weight is 299 g/mol. The molecule has 3 rings (SSSR count). The molecule has 0 aliphatic heterocycles. The number of nitrogens with zero attached hydrogens (tertiary/aromatic N) is 2. The Labute approximate surface area is 128 Å². The Hall–Kier alpha value is -2.13. The Kier molecular flexibility index (Phi) is 3.76. The normalized spacial score (nSPS) is 11.0. The summed E-state index contributed by atoms with van der Waals surface area (Å²) >= 11 is 6.09. The largest absolute Gasteiger partial charge is 0.294 e. The van der Waals surface area contributed by atoms with Crippen LogP contribution in [-0.2, 0) is 13.0 Å². The number of hydrogen-bond donors (Lipinski definition) is 0. The standard InChI is InChI=1S/C17H15ClN2O/c1-2-20-16-10-6-4-8-13(16)15(19-20)11-17(21)12-7-3-5-9-14(12)18/h3-10H,2,11H2,1H3.